The van der Waals surface area contributed by atoms with Crippen LogP contribution >= 0.6 is 0 Å². The fourth-order valence-corrected chi connectivity index (χ4v) is 1.81. The molecule has 0 saturated carbocycles. The molecule has 5 nitrogen and oxygen atoms in total. The lowest BCUT2D eigenvalue weighted by Gasteiger charge is -2.25. The Kier molecular flexibility index (Phi) is 3.79. The Balaban J connectivity index is 1.98. The van der Waals surface area contributed by atoms with Gasteiger partial charge in [-0.25, -0.2) is 0 Å². The van der Waals surface area contributed by atoms with Crippen molar-refractivity contribution in [3.05, 3.63) is 11.7 Å². The van der Waals surface area contributed by atoms with E-state index in [2.05, 4.69) is 41.1 Å². The molecule has 96 valence electrons. The summed E-state index contributed by atoms with van der Waals surface area (Å²) >= 11 is 0. The van der Waals surface area contributed by atoms with Crippen LogP contribution in [0.15, 0.2) is 4.52 Å². The second kappa shape index (κ2) is 5.14. The molecule has 1 aromatic heterocycles. The molecular weight excluding hydrogens is 216 g/mol. The highest BCUT2D eigenvalue weighted by atomic mass is 16.5. The zero-order valence-electron chi connectivity index (χ0n) is 11.0. The number of nitrogens with zero attached hydrogens (tertiary/aromatic N) is 3. The van der Waals surface area contributed by atoms with Crippen molar-refractivity contribution >= 4 is 0 Å². The Hall–Kier alpha value is -0.940. The quantitative estimate of drug-likeness (QED) is 0.853. The van der Waals surface area contributed by atoms with Gasteiger partial charge in [0.2, 0.25) is 5.89 Å². The highest BCUT2D eigenvalue weighted by Gasteiger charge is 2.25. The molecule has 1 N–H and O–H groups in total. The Morgan fingerprint density at radius 3 is 2.71 bits per heavy atom. The van der Waals surface area contributed by atoms with E-state index in [0.717, 1.165) is 50.9 Å². The minimum atomic E-state index is -0.0191. The monoisotopic (exact) mass is 238 g/mol. The molecule has 1 fully saturated rings. The van der Waals surface area contributed by atoms with E-state index in [4.69, 9.17) is 4.52 Å². The molecule has 0 unspecified atom stereocenters. The van der Waals surface area contributed by atoms with Crippen LogP contribution in [0.3, 0.4) is 0 Å². The molecule has 2 rings (SSSR count). The molecule has 0 atom stereocenters. The van der Waals surface area contributed by atoms with Crippen molar-refractivity contribution < 1.29 is 4.52 Å². The lowest BCUT2D eigenvalue weighted by Crippen LogP contribution is -2.43. The van der Waals surface area contributed by atoms with Crippen LogP contribution in [0.4, 0.5) is 0 Å². The van der Waals surface area contributed by atoms with Crippen molar-refractivity contribution in [1.82, 2.24) is 20.4 Å². The number of hydrogen-bond donors (Lipinski definition) is 1. The fraction of sp³-hybridized carbons (Fsp3) is 0.833. The van der Waals surface area contributed by atoms with Gasteiger partial charge in [-0.1, -0.05) is 25.9 Å². The Morgan fingerprint density at radius 1 is 1.35 bits per heavy atom. The molecule has 1 saturated heterocycles. The third-order valence-corrected chi connectivity index (χ3v) is 3.51. The van der Waals surface area contributed by atoms with Crippen LogP contribution < -0.4 is 5.32 Å². The summed E-state index contributed by atoms with van der Waals surface area (Å²) in [5, 5.41) is 7.41. The molecule has 0 aromatic carbocycles. The first kappa shape index (κ1) is 12.5. The van der Waals surface area contributed by atoms with Crippen LogP contribution in [0, 0.1) is 0 Å². The topological polar surface area (TPSA) is 54.2 Å². The van der Waals surface area contributed by atoms with E-state index in [0.29, 0.717) is 0 Å². The second-order valence-electron chi connectivity index (χ2n) is 5.28. The Labute approximate surface area is 103 Å². The molecule has 0 amide bonds. The summed E-state index contributed by atoms with van der Waals surface area (Å²) in [6, 6.07) is 0. The molecule has 5 heteroatoms. The van der Waals surface area contributed by atoms with Crippen LogP contribution in [-0.2, 0) is 12.0 Å². The molecule has 2 heterocycles. The second-order valence-corrected chi connectivity index (χ2v) is 5.28. The van der Waals surface area contributed by atoms with Crippen molar-refractivity contribution in [3.63, 3.8) is 0 Å². The van der Waals surface area contributed by atoms with E-state index in [1.807, 2.05) is 0 Å². The van der Waals surface area contributed by atoms with Crippen molar-refractivity contribution in [1.29, 1.82) is 0 Å². The maximum Gasteiger partial charge on any atom is 0.232 e. The standard InChI is InChI=1S/C12H22N4O/c1-4-12(2,3)11-14-10(15-17-11)9-16-7-5-13-6-8-16/h13H,4-9H2,1-3H3. The zero-order chi connectivity index (χ0) is 12.3. The molecule has 0 radical (unpaired) electrons. The van der Waals surface area contributed by atoms with Gasteiger partial charge in [-0.2, -0.15) is 4.98 Å². The van der Waals surface area contributed by atoms with Gasteiger partial charge in [-0.05, 0) is 6.42 Å². The SMILES string of the molecule is CCC(C)(C)c1nc(CN2CCNCC2)no1. The molecule has 0 aliphatic carbocycles. The van der Waals surface area contributed by atoms with E-state index in [1.54, 1.807) is 0 Å². The summed E-state index contributed by atoms with van der Waals surface area (Å²) in [5.74, 6) is 1.56. The third kappa shape index (κ3) is 3.04. The summed E-state index contributed by atoms with van der Waals surface area (Å²) in [7, 11) is 0. The van der Waals surface area contributed by atoms with Gasteiger partial charge in [-0.3, -0.25) is 4.90 Å². The molecule has 0 bridgehead atoms. The van der Waals surface area contributed by atoms with Gasteiger partial charge in [0.25, 0.3) is 0 Å². The van der Waals surface area contributed by atoms with Gasteiger partial charge in [0.1, 0.15) is 0 Å². The van der Waals surface area contributed by atoms with Crippen molar-refractivity contribution in [2.75, 3.05) is 26.2 Å². The average Bonchev–Trinajstić information content (AvgIpc) is 2.80. The van der Waals surface area contributed by atoms with Crippen molar-refractivity contribution in [2.24, 2.45) is 0 Å². The maximum absolute atomic E-state index is 5.36. The predicted molar refractivity (Wildman–Crippen MR) is 65.8 cm³/mol. The van der Waals surface area contributed by atoms with E-state index in [1.165, 1.54) is 0 Å². The normalized spacial score (nSPS) is 18.5. The number of hydrogen-bond acceptors (Lipinski definition) is 5. The highest BCUT2D eigenvalue weighted by molar-refractivity contribution is 5.00. The van der Waals surface area contributed by atoms with Gasteiger partial charge in [-0.15, -0.1) is 0 Å². The van der Waals surface area contributed by atoms with E-state index < -0.39 is 0 Å². The summed E-state index contributed by atoms with van der Waals surface area (Å²) in [6.07, 6.45) is 1.00. The van der Waals surface area contributed by atoms with E-state index in [-0.39, 0.29) is 5.41 Å². The molecule has 17 heavy (non-hydrogen) atoms. The summed E-state index contributed by atoms with van der Waals surface area (Å²) in [6.45, 7) is 11.4. The lowest BCUT2D eigenvalue weighted by molar-refractivity contribution is 0.224. The first-order chi connectivity index (χ1) is 8.12. The minimum Gasteiger partial charge on any atom is -0.339 e. The smallest absolute Gasteiger partial charge is 0.232 e. The maximum atomic E-state index is 5.36. The predicted octanol–water partition coefficient (Wildman–Crippen LogP) is 1.16. The van der Waals surface area contributed by atoms with Gasteiger partial charge in [0, 0.05) is 31.6 Å². The van der Waals surface area contributed by atoms with Crippen molar-refractivity contribution in [3.8, 4) is 0 Å². The van der Waals surface area contributed by atoms with E-state index in [9.17, 15) is 0 Å². The number of aromatic nitrogens is 2. The van der Waals surface area contributed by atoms with Crippen LogP contribution in [-0.4, -0.2) is 41.2 Å². The molecule has 1 aliphatic heterocycles. The summed E-state index contributed by atoms with van der Waals surface area (Å²) in [5.41, 5.74) is -0.0191. The van der Waals surface area contributed by atoms with Crippen LogP contribution in [0.25, 0.3) is 0 Å². The average molecular weight is 238 g/mol. The van der Waals surface area contributed by atoms with Crippen LogP contribution in [0.1, 0.15) is 38.9 Å². The molecule has 0 spiro atoms. The van der Waals surface area contributed by atoms with Crippen LogP contribution in [0.2, 0.25) is 0 Å². The molecular formula is C12H22N4O. The van der Waals surface area contributed by atoms with Gasteiger partial charge in [0.15, 0.2) is 5.82 Å². The zero-order valence-corrected chi connectivity index (χ0v) is 11.0. The van der Waals surface area contributed by atoms with Crippen molar-refractivity contribution in [2.45, 2.75) is 39.2 Å². The van der Waals surface area contributed by atoms with Crippen LogP contribution in [0.5, 0.6) is 0 Å². The Bertz CT molecular complexity index is 355. The fourth-order valence-electron chi connectivity index (χ4n) is 1.81. The van der Waals surface area contributed by atoms with Gasteiger partial charge < -0.3 is 9.84 Å². The van der Waals surface area contributed by atoms with Gasteiger partial charge >= 0.3 is 0 Å². The third-order valence-electron chi connectivity index (χ3n) is 3.51. The number of piperazine rings is 1. The number of nitrogens with one attached hydrogen (secondary N) is 1. The largest absolute Gasteiger partial charge is 0.339 e. The molecule has 1 aliphatic rings. The number of rotatable bonds is 4. The first-order valence-electron chi connectivity index (χ1n) is 6.38. The highest BCUT2D eigenvalue weighted by Crippen LogP contribution is 2.24. The van der Waals surface area contributed by atoms with Gasteiger partial charge in [0.05, 0.1) is 6.54 Å². The first-order valence-corrected chi connectivity index (χ1v) is 6.38. The minimum absolute atomic E-state index is 0.0191. The Morgan fingerprint density at radius 2 is 2.06 bits per heavy atom. The summed E-state index contributed by atoms with van der Waals surface area (Å²) in [4.78, 5) is 6.86. The lowest BCUT2D eigenvalue weighted by atomic mass is 9.90. The van der Waals surface area contributed by atoms with E-state index >= 15 is 0 Å². The summed E-state index contributed by atoms with van der Waals surface area (Å²) < 4.78 is 5.36. The molecule has 1 aromatic rings.